The molecular weight excluding hydrogens is 306 g/mol. The predicted octanol–water partition coefficient (Wildman–Crippen LogP) is 1.61. The van der Waals surface area contributed by atoms with E-state index >= 15 is 0 Å². The second-order valence-electron chi connectivity index (χ2n) is 4.50. The highest BCUT2D eigenvalue weighted by Gasteiger charge is 2.15. The molecule has 0 aliphatic rings. The fraction of sp³-hybridized carbons (Fsp3) is 0.286. The van der Waals surface area contributed by atoms with Gasteiger partial charge in [-0.3, -0.25) is 0 Å². The zero-order chi connectivity index (χ0) is 16.0. The van der Waals surface area contributed by atoms with Crippen LogP contribution in [0.4, 0.5) is 5.95 Å². The van der Waals surface area contributed by atoms with E-state index in [2.05, 4.69) is 14.7 Å². The molecule has 8 heteroatoms. The fourth-order valence-corrected chi connectivity index (χ4v) is 2.54. The zero-order valence-electron chi connectivity index (χ0n) is 12.3. The maximum atomic E-state index is 12.2. The molecule has 0 saturated heterocycles. The monoisotopic (exact) mass is 323 g/mol. The van der Waals surface area contributed by atoms with Crippen molar-refractivity contribution in [2.75, 3.05) is 25.0 Å². The first-order valence-corrected chi connectivity index (χ1v) is 8.03. The van der Waals surface area contributed by atoms with Crippen molar-refractivity contribution in [1.82, 2.24) is 9.97 Å². The van der Waals surface area contributed by atoms with Gasteiger partial charge in [-0.1, -0.05) is 17.7 Å². The van der Waals surface area contributed by atoms with E-state index < -0.39 is 10.0 Å². The van der Waals surface area contributed by atoms with Gasteiger partial charge in [-0.2, -0.15) is 0 Å². The lowest BCUT2D eigenvalue weighted by molar-refractivity contribution is 0.146. The molecule has 2 rings (SSSR count). The Morgan fingerprint density at radius 3 is 2.32 bits per heavy atom. The van der Waals surface area contributed by atoms with Crippen molar-refractivity contribution in [3.05, 3.63) is 42.2 Å². The Morgan fingerprint density at radius 2 is 1.73 bits per heavy atom. The maximum absolute atomic E-state index is 12.2. The van der Waals surface area contributed by atoms with Gasteiger partial charge in [0.25, 0.3) is 10.0 Å². The van der Waals surface area contributed by atoms with Gasteiger partial charge < -0.3 is 9.47 Å². The molecule has 0 aliphatic heterocycles. The summed E-state index contributed by atoms with van der Waals surface area (Å²) in [4.78, 5) is 7.99. The van der Waals surface area contributed by atoms with Gasteiger partial charge in [0.2, 0.25) is 5.95 Å². The van der Waals surface area contributed by atoms with Crippen LogP contribution in [0.15, 0.2) is 41.6 Å². The highest BCUT2D eigenvalue weighted by atomic mass is 32.2. The third kappa shape index (κ3) is 4.40. The molecule has 1 aromatic carbocycles. The molecule has 1 aromatic heterocycles. The number of benzene rings is 1. The molecule has 0 atom stereocenters. The van der Waals surface area contributed by atoms with Crippen LogP contribution < -0.4 is 9.46 Å². The third-order valence-corrected chi connectivity index (χ3v) is 4.09. The Kier molecular flexibility index (Phi) is 5.29. The molecule has 22 heavy (non-hydrogen) atoms. The van der Waals surface area contributed by atoms with Crippen molar-refractivity contribution in [2.45, 2.75) is 11.8 Å². The number of nitrogens with zero attached hydrogens (tertiary/aromatic N) is 2. The van der Waals surface area contributed by atoms with E-state index in [-0.39, 0.29) is 10.8 Å². The third-order valence-electron chi connectivity index (χ3n) is 2.74. The second kappa shape index (κ2) is 7.19. The molecule has 0 aliphatic carbocycles. The molecule has 0 radical (unpaired) electrons. The molecule has 1 heterocycles. The lowest BCUT2D eigenvalue weighted by atomic mass is 10.2. The van der Waals surface area contributed by atoms with Crippen LogP contribution in [0, 0.1) is 6.92 Å². The van der Waals surface area contributed by atoms with Gasteiger partial charge in [0.05, 0.1) is 23.9 Å². The van der Waals surface area contributed by atoms with Crippen LogP contribution >= 0.6 is 0 Å². The van der Waals surface area contributed by atoms with Crippen molar-refractivity contribution < 1.29 is 17.9 Å². The van der Waals surface area contributed by atoms with Gasteiger partial charge in [-0.05, 0) is 19.1 Å². The number of aryl methyl sites for hydroxylation is 1. The SMILES string of the molecule is COCCOc1cnc(NS(=O)(=O)c2ccc(C)cc2)nc1. The summed E-state index contributed by atoms with van der Waals surface area (Å²) in [5.41, 5.74) is 0.979. The van der Waals surface area contributed by atoms with Crippen molar-refractivity contribution >= 4 is 16.0 Å². The minimum absolute atomic E-state index is 0.0142. The average molecular weight is 323 g/mol. The maximum Gasteiger partial charge on any atom is 0.264 e. The number of hydrogen-bond acceptors (Lipinski definition) is 6. The van der Waals surface area contributed by atoms with E-state index in [0.717, 1.165) is 5.56 Å². The molecule has 118 valence electrons. The lowest BCUT2D eigenvalue weighted by Crippen LogP contribution is -2.15. The van der Waals surface area contributed by atoms with Gasteiger partial charge in [0.1, 0.15) is 6.61 Å². The molecule has 0 amide bonds. The number of rotatable bonds is 7. The smallest absolute Gasteiger partial charge is 0.264 e. The van der Waals surface area contributed by atoms with Crippen LogP contribution in [-0.4, -0.2) is 38.7 Å². The minimum atomic E-state index is -3.70. The number of methoxy groups -OCH3 is 1. The summed E-state index contributed by atoms with van der Waals surface area (Å²) in [6.07, 6.45) is 2.80. The minimum Gasteiger partial charge on any atom is -0.488 e. The summed E-state index contributed by atoms with van der Waals surface area (Å²) < 4.78 is 36.8. The van der Waals surface area contributed by atoms with Crippen LogP contribution in [-0.2, 0) is 14.8 Å². The fourth-order valence-electron chi connectivity index (χ4n) is 1.58. The summed E-state index contributed by atoms with van der Waals surface area (Å²) in [6.45, 7) is 2.70. The lowest BCUT2D eigenvalue weighted by Gasteiger charge is -2.08. The second-order valence-corrected chi connectivity index (χ2v) is 6.18. The molecule has 1 N–H and O–H groups in total. The number of anilines is 1. The van der Waals surface area contributed by atoms with Crippen LogP contribution in [0.3, 0.4) is 0 Å². The molecule has 0 unspecified atom stereocenters. The van der Waals surface area contributed by atoms with Gasteiger partial charge >= 0.3 is 0 Å². The van der Waals surface area contributed by atoms with E-state index in [0.29, 0.717) is 19.0 Å². The number of aromatic nitrogens is 2. The molecule has 2 aromatic rings. The molecule has 0 bridgehead atoms. The van der Waals surface area contributed by atoms with E-state index in [1.54, 1.807) is 19.2 Å². The number of sulfonamides is 1. The summed E-state index contributed by atoms with van der Waals surface area (Å²) in [5.74, 6) is 0.426. The summed E-state index contributed by atoms with van der Waals surface area (Å²) in [5, 5.41) is 0. The van der Waals surface area contributed by atoms with Crippen molar-refractivity contribution in [1.29, 1.82) is 0 Å². The standard InChI is InChI=1S/C14H17N3O4S/c1-11-3-5-13(6-4-11)22(18,19)17-14-15-9-12(10-16-14)21-8-7-20-2/h3-6,9-10H,7-8H2,1-2H3,(H,15,16,17). The summed E-state index contributed by atoms with van der Waals surface area (Å²) >= 11 is 0. The number of nitrogens with one attached hydrogen (secondary N) is 1. The Bertz CT molecular complexity index is 700. The van der Waals surface area contributed by atoms with E-state index in [1.165, 1.54) is 24.5 Å². The van der Waals surface area contributed by atoms with E-state index in [4.69, 9.17) is 9.47 Å². The number of ether oxygens (including phenoxy) is 2. The van der Waals surface area contributed by atoms with Crippen molar-refractivity contribution in [3.8, 4) is 5.75 Å². The molecule has 7 nitrogen and oxygen atoms in total. The Hall–Kier alpha value is -2.19. The first kappa shape index (κ1) is 16.2. The van der Waals surface area contributed by atoms with Gasteiger partial charge in [0, 0.05) is 7.11 Å². The predicted molar refractivity (Wildman–Crippen MR) is 81.4 cm³/mol. The first-order valence-electron chi connectivity index (χ1n) is 6.54. The highest BCUT2D eigenvalue weighted by Crippen LogP contribution is 2.15. The van der Waals surface area contributed by atoms with Crippen LogP contribution in [0.2, 0.25) is 0 Å². The quantitative estimate of drug-likeness (QED) is 0.779. The Balaban J connectivity index is 2.05. The van der Waals surface area contributed by atoms with Gasteiger partial charge in [0.15, 0.2) is 5.75 Å². The van der Waals surface area contributed by atoms with Crippen molar-refractivity contribution in [2.24, 2.45) is 0 Å². The molecule has 0 fully saturated rings. The summed E-state index contributed by atoms with van der Waals surface area (Å²) in [6, 6.07) is 6.50. The highest BCUT2D eigenvalue weighted by molar-refractivity contribution is 7.92. The van der Waals surface area contributed by atoms with Crippen LogP contribution in [0.25, 0.3) is 0 Å². The van der Waals surface area contributed by atoms with Gasteiger partial charge in [-0.15, -0.1) is 0 Å². The molecule has 0 saturated carbocycles. The van der Waals surface area contributed by atoms with Crippen LogP contribution in [0.1, 0.15) is 5.56 Å². The normalized spacial score (nSPS) is 11.2. The molecule has 0 spiro atoms. The Morgan fingerprint density at radius 1 is 1.09 bits per heavy atom. The summed E-state index contributed by atoms with van der Waals surface area (Å²) in [7, 11) is -2.13. The van der Waals surface area contributed by atoms with Gasteiger partial charge in [-0.25, -0.2) is 23.1 Å². The first-order chi connectivity index (χ1) is 10.5. The zero-order valence-corrected chi connectivity index (χ0v) is 13.1. The topological polar surface area (TPSA) is 90.4 Å². The molecular formula is C14H17N3O4S. The van der Waals surface area contributed by atoms with Crippen LogP contribution in [0.5, 0.6) is 5.75 Å². The van der Waals surface area contributed by atoms with E-state index in [1.807, 2.05) is 6.92 Å². The Labute approximate surface area is 129 Å². The van der Waals surface area contributed by atoms with Crippen molar-refractivity contribution in [3.63, 3.8) is 0 Å². The largest absolute Gasteiger partial charge is 0.488 e. The number of hydrogen-bond donors (Lipinski definition) is 1. The average Bonchev–Trinajstić information content (AvgIpc) is 2.49. The van der Waals surface area contributed by atoms with E-state index in [9.17, 15) is 8.42 Å².